The van der Waals surface area contributed by atoms with Gasteiger partial charge < -0.3 is 5.11 Å². The number of benzene rings is 2. The van der Waals surface area contributed by atoms with Gasteiger partial charge in [-0.3, -0.25) is 0 Å². The molecule has 1 N–H and O–H groups in total. The predicted molar refractivity (Wildman–Crippen MR) is 68.5 cm³/mol. The fraction of sp³-hybridized carbons (Fsp3) is 0. The second kappa shape index (κ2) is 4.41. The molecular formula is C13H10O2S. The van der Waals surface area contributed by atoms with Crippen molar-refractivity contribution in [3.63, 3.8) is 0 Å². The molecule has 0 radical (unpaired) electrons. The van der Waals surface area contributed by atoms with Crippen LogP contribution in [0.25, 0.3) is 16.8 Å². The molecule has 0 amide bonds. The molecule has 0 atom stereocenters. The lowest BCUT2D eigenvalue weighted by Gasteiger charge is -2.02. The fourth-order valence-corrected chi connectivity index (χ4v) is 1.72. The van der Waals surface area contributed by atoms with Crippen LogP contribution in [0.2, 0.25) is 0 Å². The topological polar surface area (TPSA) is 37.3 Å². The first-order chi connectivity index (χ1) is 7.68. The summed E-state index contributed by atoms with van der Waals surface area (Å²) in [6.45, 7) is 0. The van der Waals surface area contributed by atoms with Crippen LogP contribution in [0, 0.1) is 0 Å². The summed E-state index contributed by atoms with van der Waals surface area (Å²) in [6, 6.07) is 13.6. The molecule has 0 aromatic heterocycles. The van der Waals surface area contributed by atoms with Crippen molar-refractivity contribution in [1.82, 2.24) is 0 Å². The minimum Gasteiger partial charge on any atom is -0.477 e. The lowest BCUT2D eigenvalue weighted by molar-refractivity contribution is -0.131. The Morgan fingerprint density at radius 3 is 2.56 bits per heavy atom. The zero-order chi connectivity index (χ0) is 11.5. The van der Waals surface area contributed by atoms with Gasteiger partial charge in [0.15, 0.2) is 0 Å². The smallest absolute Gasteiger partial charge is 0.341 e. The molecule has 0 aliphatic carbocycles. The van der Waals surface area contributed by atoms with Crippen molar-refractivity contribution >= 4 is 35.4 Å². The Balaban J connectivity index is 2.61. The van der Waals surface area contributed by atoms with Crippen molar-refractivity contribution in [3.8, 4) is 0 Å². The van der Waals surface area contributed by atoms with E-state index in [1.807, 2.05) is 42.5 Å². The van der Waals surface area contributed by atoms with Gasteiger partial charge in [-0.25, -0.2) is 4.79 Å². The minimum absolute atomic E-state index is 0.0383. The van der Waals surface area contributed by atoms with Crippen molar-refractivity contribution in [3.05, 3.63) is 52.9 Å². The van der Waals surface area contributed by atoms with Gasteiger partial charge in [-0.05, 0) is 22.4 Å². The normalized spacial score (nSPS) is 11.7. The van der Waals surface area contributed by atoms with Crippen molar-refractivity contribution in [1.29, 1.82) is 0 Å². The average molecular weight is 230 g/mol. The maximum absolute atomic E-state index is 10.7. The second-order valence-corrected chi connectivity index (χ2v) is 3.88. The van der Waals surface area contributed by atoms with Gasteiger partial charge in [0.25, 0.3) is 0 Å². The van der Waals surface area contributed by atoms with E-state index in [2.05, 4.69) is 12.6 Å². The standard InChI is InChI=1S/C13H10O2S/c14-13(15)12(16)8-10-6-3-5-9-4-1-2-7-11(9)10/h1-8,16H,(H,14,15). The molecule has 80 valence electrons. The van der Waals surface area contributed by atoms with Crippen molar-refractivity contribution in [2.45, 2.75) is 0 Å². The maximum atomic E-state index is 10.7. The quantitative estimate of drug-likeness (QED) is 0.614. The van der Waals surface area contributed by atoms with E-state index in [1.165, 1.54) is 0 Å². The molecule has 0 aliphatic heterocycles. The van der Waals surface area contributed by atoms with E-state index in [4.69, 9.17) is 5.11 Å². The summed E-state index contributed by atoms with van der Waals surface area (Å²) < 4.78 is 0. The molecule has 0 unspecified atom stereocenters. The van der Waals surface area contributed by atoms with E-state index in [1.54, 1.807) is 6.08 Å². The van der Waals surface area contributed by atoms with Crippen LogP contribution in [-0.4, -0.2) is 11.1 Å². The van der Waals surface area contributed by atoms with Gasteiger partial charge in [0.2, 0.25) is 0 Å². The molecule has 2 nitrogen and oxygen atoms in total. The van der Waals surface area contributed by atoms with E-state index >= 15 is 0 Å². The molecule has 0 aliphatic rings. The summed E-state index contributed by atoms with van der Waals surface area (Å²) in [5, 5.41) is 10.9. The minimum atomic E-state index is -1.02. The van der Waals surface area contributed by atoms with Gasteiger partial charge in [0.05, 0.1) is 4.91 Å². The Bertz CT molecular complexity index is 568. The van der Waals surface area contributed by atoms with Crippen molar-refractivity contribution in [2.24, 2.45) is 0 Å². The molecule has 0 spiro atoms. The van der Waals surface area contributed by atoms with Gasteiger partial charge in [-0.15, -0.1) is 12.6 Å². The highest BCUT2D eigenvalue weighted by atomic mass is 32.1. The predicted octanol–water partition coefficient (Wildman–Crippen LogP) is 3.20. The largest absolute Gasteiger partial charge is 0.477 e. The van der Waals surface area contributed by atoms with Gasteiger partial charge in [0.1, 0.15) is 0 Å². The van der Waals surface area contributed by atoms with E-state index < -0.39 is 5.97 Å². The molecule has 0 heterocycles. The van der Waals surface area contributed by atoms with Crippen LogP contribution in [0.5, 0.6) is 0 Å². The highest BCUT2D eigenvalue weighted by Crippen LogP contribution is 2.21. The first kappa shape index (κ1) is 10.8. The monoisotopic (exact) mass is 230 g/mol. The molecule has 2 aromatic carbocycles. The summed E-state index contributed by atoms with van der Waals surface area (Å²) in [6.07, 6.45) is 1.56. The van der Waals surface area contributed by atoms with E-state index in [0.29, 0.717) is 0 Å². The van der Waals surface area contributed by atoms with Gasteiger partial charge >= 0.3 is 5.97 Å². The molecule has 2 rings (SSSR count). The maximum Gasteiger partial charge on any atom is 0.341 e. The first-order valence-corrected chi connectivity index (χ1v) is 5.25. The zero-order valence-corrected chi connectivity index (χ0v) is 9.32. The lowest BCUT2D eigenvalue weighted by atomic mass is 10.0. The summed E-state index contributed by atoms with van der Waals surface area (Å²) >= 11 is 3.92. The third kappa shape index (κ3) is 2.09. The number of hydrogen-bond donors (Lipinski definition) is 2. The fourth-order valence-electron chi connectivity index (χ4n) is 1.59. The molecule has 16 heavy (non-hydrogen) atoms. The van der Waals surface area contributed by atoms with Crippen molar-refractivity contribution in [2.75, 3.05) is 0 Å². The SMILES string of the molecule is O=C(O)C(S)=Cc1cccc2ccccc12. The van der Waals surface area contributed by atoms with Gasteiger partial charge in [0, 0.05) is 0 Å². The molecule has 0 saturated carbocycles. The number of fused-ring (bicyclic) bond motifs is 1. The van der Waals surface area contributed by atoms with Crippen LogP contribution in [-0.2, 0) is 4.79 Å². The number of aliphatic carboxylic acids is 1. The van der Waals surface area contributed by atoms with Crippen LogP contribution in [0.3, 0.4) is 0 Å². The number of carboxylic acid groups (broad SMARTS) is 1. The third-order valence-corrected chi connectivity index (χ3v) is 2.66. The highest BCUT2D eigenvalue weighted by Gasteiger charge is 2.03. The number of rotatable bonds is 2. The second-order valence-electron chi connectivity index (χ2n) is 3.40. The molecule has 0 bridgehead atoms. The van der Waals surface area contributed by atoms with E-state index in [0.717, 1.165) is 16.3 Å². The average Bonchev–Trinajstić information content (AvgIpc) is 2.29. The number of thiol groups is 1. The summed E-state index contributed by atoms with van der Waals surface area (Å²) in [5.74, 6) is -1.02. The summed E-state index contributed by atoms with van der Waals surface area (Å²) in [7, 11) is 0. The Labute approximate surface area is 98.6 Å². The van der Waals surface area contributed by atoms with E-state index in [-0.39, 0.29) is 4.91 Å². The van der Waals surface area contributed by atoms with Gasteiger partial charge in [-0.2, -0.15) is 0 Å². The number of carboxylic acids is 1. The van der Waals surface area contributed by atoms with Crippen LogP contribution >= 0.6 is 12.6 Å². The Kier molecular flexibility index (Phi) is 2.97. The lowest BCUT2D eigenvalue weighted by Crippen LogP contribution is -1.93. The van der Waals surface area contributed by atoms with E-state index in [9.17, 15) is 4.79 Å². The molecule has 0 fully saturated rings. The Morgan fingerprint density at radius 1 is 1.12 bits per heavy atom. The van der Waals surface area contributed by atoms with Crippen LogP contribution in [0.4, 0.5) is 0 Å². The Morgan fingerprint density at radius 2 is 1.81 bits per heavy atom. The molecular weight excluding hydrogens is 220 g/mol. The van der Waals surface area contributed by atoms with Crippen LogP contribution < -0.4 is 0 Å². The van der Waals surface area contributed by atoms with Crippen LogP contribution in [0.1, 0.15) is 5.56 Å². The first-order valence-electron chi connectivity index (χ1n) is 4.80. The van der Waals surface area contributed by atoms with Crippen LogP contribution in [0.15, 0.2) is 47.4 Å². The number of hydrogen-bond acceptors (Lipinski definition) is 2. The third-order valence-electron chi connectivity index (χ3n) is 2.33. The number of carbonyl (C=O) groups is 1. The summed E-state index contributed by atoms with van der Waals surface area (Å²) in [4.78, 5) is 10.7. The molecule has 0 saturated heterocycles. The molecule has 2 aromatic rings. The van der Waals surface area contributed by atoms with Gasteiger partial charge in [-0.1, -0.05) is 42.5 Å². The zero-order valence-electron chi connectivity index (χ0n) is 8.42. The Hall–Kier alpha value is -1.74. The highest BCUT2D eigenvalue weighted by molar-refractivity contribution is 7.85. The summed E-state index contributed by atoms with van der Waals surface area (Å²) in [5.41, 5.74) is 0.866. The molecule has 3 heteroatoms. The van der Waals surface area contributed by atoms with Crippen molar-refractivity contribution < 1.29 is 9.90 Å².